The third-order valence-corrected chi connectivity index (χ3v) is 0.641. The molecule has 0 aromatic rings. The number of carbonyl (C=O) groups excluding carboxylic acids is 1. The van der Waals surface area contributed by atoms with Crippen LogP contribution >= 0.6 is 12.6 Å². The fourth-order valence-corrected chi connectivity index (χ4v) is 0.320. The van der Waals surface area contributed by atoms with Crippen molar-refractivity contribution in [3.8, 4) is 0 Å². The fourth-order valence-electron chi connectivity index (χ4n) is 0.137. The fraction of sp³-hybridized carbons (Fsp3) is 0.667. The molecule has 3 nitrogen and oxygen atoms in total. The normalized spacial score (nSPS) is 8.29. The van der Waals surface area contributed by atoms with Crippen molar-refractivity contribution in [1.29, 1.82) is 0 Å². The summed E-state index contributed by atoms with van der Waals surface area (Å²) in [6.07, 6.45) is 0.152. The first-order chi connectivity index (χ1) is 3.31. The summed E-state index contributed by atoms with van der Waals surface area (Å²) in [5, 5.41) is 7.58. The lowest BCUT2D eigenvalue weighted by atomic mass is 10.5. The summed E-state index contributed by atoms with van der Waals surface area (Å²) in [6, 6.07) is 0. The lowest BCUT2D eigenvalue weighted by Gasteiger charge is -1.87. The van der Waals surface area contributed by atoms with E-state index in [2.05, 4.69) is 17.5 Å². The zero-order valence-corrected chi connectivity index (χ0v) is 4.52. The van der Waals surface area contributed by atoms with Gasteiger partial charge in [0, 0.05) is 5.75 Å². The highest BCUT2D eigenvalue weighted by Gasteiger charge is 1.95. The predicted octanol–water partition coefficient (Wildman–Crippen LogP) is 0.323. The zero-order valence-electron chi connectivity index (χ0n) is 3.63. The first kappa shape index (κ1) is 6.78. The first-order valence-corrected chi connectivity index (χ1v) is 2.39. The van der Waals surface area contributed by atoms with Gasteiger partial charge in [0.1, 0.15) is 0 Å². The van der Waals surface area contributed by atoms with Crippen molar-refractivity contribution < 1.29 is 14.9 Å². The van der Waals surface area contributed by atoms with E-state index in [1.54, 1.807) is 0 Å². The van der Waals surface area contributed by atoms with Gasteiger partial charge in [-0.2, -0.15) is 17.9 Å². The van der Waals surface area contributed by atoms with E-state index >= 15 is 0 Å². The lowest BCUT2D eigenvalue weighted by molar-refractivity contribution is -0.233. The Morgan fingerprint density at radius 1 is 1.86 bits per heavy atom. The summed E-state index contributed by atoms with van der Waals surface area (Å²) in [6.45, 7) is 0. The minimum atomic E-state index is -0.644. The van der Waals surface area contributed by atoms with E-state index < -0.39 is 5.97 Å². The molecule has 0 aromatic carbocycles. The molecule has 0 unspecified atom stereocenters. The van der Waals surface area contributed by atoms with Gasteiger partial charge in [0.2, 0.25) is 0 Å². The molecule has 0 radical (unpaired) electrons. The quantitative estimate of drug-likeness (QED) is 0.315. The molecule has 0 aliphatic heterocycles. The second-order valence-electron chi connectivity index (χ2n) is 0.937. The lowest BCUT2D eigenvalue weighted by Crippen LogP contribution is -1.99. The van der Waals surface area contributed by atoms with Crippen molar-refractivity contribution in [2.24, 2.45) is 0 Å². The third kappa shape index (κ3) is 3.61. The monoisotopic (exact) mass is 122 g/mol. The van der Waals surface area contributed by atoms with Crippen LogP contribution in [-0.2, 0) is 9.68 Å². The Morgan fingerprint density at radius 2 is 2.43 bits per heavy atom. The van der Waals surface area contributed by atoms with Gasteiger partial charge in [0.05, 0.1) is 6.42 Å². The summed E-state index contributed by atoms with van der Waals surface area (Å²) in [7, 11) is 0. The first-order valence-electron chi connectivity index (χ1n) is 1.76. The van der Waals surface area contributed by atoms with Crippen LogP contribution in [0.5, 0.6) is 0 Å². The number of carbonyl (C=O) groups is 1. The van der Waals surface area contributed by atoms with Crippen molar-refractivity contribution in [3.63, 3.8) is 0 Å². The number of rotatable bonds is 2. The molecule has 0 rings (SSSR count). The van der Waals surface area contributed by atoms with E-state index in [-0.39, 0.29) is 6.42 Å². The van der Waals surface area contributed by atoms with Gasteiger partial charge in [0.15, 0.2) is 0 Å². The Labute approximate surface area is 46.6 Å². The van der Waals surface area contributed by atoms with E-state index in [0.29, 0.717) is 5.75 Å². The van der Waals surface area contributed by atoms with Crippen molar-refractivity contribution >= 4 is 18.6 Å². The minimum Gasteiger partial charge on any atom is -0.301 e. The highest BCUT2D eigenvalue weighted by molar-refractivity contribution is 7.80. The molecule has 0 aliphatic rings. The molecular formula is C3H6O3S. The van der Waals surface area contributed by atoms with Gasteiger partial charge in [-0.25, -0.2) is 4.79 Å². The minimum absolute atomic E-state index is 0.152. The van der Waals surface area contributed by atoms with Gasteiger partial charge < -0.3 is 4.89 Å². The van der Waals surface area contributed by atoms with Crippen molar-refractivity contribution in [2.75, 3.05) is 5.75 Å². The van der Waals surface area contributed by atoms with E-state index in [1.807, 2.05) is 0 Å². The van der Waals surface area contributed by atoms with Crippen LogP contribution in [-0.4, -0.2) is 17.0 Å². The molecule has 0 saturated heterocycles. The summed E-state index contributed by atoms with van der Waals surface area (Å²) in [4.78, 5) is 13.2. The van der Waals surface area contributed by atoms with Crippen LogP contribution in [0.1, 0.15) is 6.42 Å². The van der Waals surface area contributed by atoms with Gasteiger partial charge in [-0.05, 0) is 0 Å². The maximum atomic E-state index is 9.89. The molecule has 7 heavy (non-hydrogen) atoms. The van der Waals surface area contributed by atoms with Crippen LogP contribution in [0.3, 0.4) is 0 Å². The van der Waals surface area contributed by atoms with Gasteiger partial charge in [-0.15, -0.1) is 0 Å². The molecule has 1 N–H and O–H groups in total. The summed E-state index contributed by atoms with van der Waals surface area (Å²) < 4.78 is 0. The molecule has 0 fully saturated rings. The highest BCUT2D eigenvalue weighted by Crippen LogP contribution is 1.84. The van der Waals surface area contributed by atoms with Crippen LogP contribution < -0.4 is 0 Å². The predicted molar refractivity (Wildman–Crippen MR) is 27.2 cm³/mol. The summed E-state index contributed by atoms with van der Waals surface area (Å²) in [5.41, 5.74) is 0. The maximum Gasteiger partial charge on any atom is 0.342 e. The molecule has 0 bridgehead atoms. The maximum absolute atomic E-state index is 9.89. The standard InChI is InChI=1S/C3H6O3S/c4-3(6-5)1-2-7/h5,7H,1-2H2. The summed E-state index contributed by atoms with van der Waals surface area (Å²) >= 11 is 3.70. The molecule has 42 valence electrons. The Bertz CT molecular complexity index is 63.2. The molecule has 0 aliphatic carbocycles. The van der Waals surface area contributed by atoms with Gasteiger partial charge in [0.25, 0.3) is 0 Å². The Kier molecular flexibility index (Phi) is 3.83. The van der Waals surface area contributed by atoms with Crippen LogP contribution in [0.15, 0.2) is 0 Å². The van der Waals surface area contributed by atoms with Gasteiger partial charge >= 0.3 is 5.97 Å². The average Bonchev–Trinajstić information content (AvgIpc) is 1.68. The van der Waals surface area contributed by atoms with Crippen molar-refractivity contribution in [1.82, 2.24) is 0 Å². The molecule has 0 heterocycles. The van der Waals surface area contributed by atoms with Crippen LogP contribution in [0.4, 0.5) is 0 Å². The second kappa shape index (κ2) is 3.95. The molecular weight excluding hydrogens is 116 g/mol. The van der Waals surface area contributed by atoms with E-state index in [9.17, 15) is 4.79 Å². The number of thiol groups is 1. The molecule has 0 spiro atoms. The molecule has 0 aromatic heterocycles. The van der Waals surface area contributed by atoms with Crippen LogP contribution in [0, 0.1) is 0 Å². The largest absolute Gasteiger partial charge is 0.342 e. The van der Waals surface area contributed by atoms with Gasteiger partial charge in [-0.3, -0.25) is 0 Å². The molecule has 0 atom stereocenters. The van der Waals surface area contributed by atoms with E-state index in [1.165, 1.54) is 0 Å². The smallest absolute Gasteiger partial charge is 0.301 e. The number of hydrogen-bond acceptors (Lipinski definition) is 4. The van der Waals surface area contributed by atoms with Crippen LogP contribution in [0.2, 0.25) is 0 Å². The SMILES string of the molecule is O=C(CCS)OO. The van der Waals surface area contributed by atoms with E-state index in [4.69, 9.17) is 5.26 Å². The molecule has 0 saturated carbocycles. The third-order valence-electron chi connectivity index (χ3n) is 0.418. The Morgan fingerprint density at radius 3 is 2.57 bits per heavy atom. The van der Waals surface area contributed by atoms with Crippen molar-refractivity contribution in [3.05, 3.63) is 0 Å². The van der Waals surface area contributed by atoms with Crippen LogP contribution in [0.25, 0.3) is 0 Å². The average molecular weight is 122 g/mol. The molecule has 0 amide bonds. The van der Waals surface area contributed by atoms with Crippen molar-refractivity contribution in [2.45, 2.75) is 6.42 Å². The van der Waals surface area contributed by atoms with E-state index in [0.717, 1.165) is 0 Å². The van der Waals surface area contributed by atoms with Gasteiger partial charge in [-0.1, -0.05) is 0 Å². The Hall–Kier alpha value is -0.220. The number of hydrogen-bond donors (Lipinski definition) is 2. The zero-order chi connectivity index (χ0) is 5.70. The highest BCUT2D eigenvalue weighted by atomic mass is 32.1. The summed E-state index contributed by atoms with van der Waals surface area (Å²) in [5.74, 6) is -0.241. The molecule has 4 heteroatoms. The Balaban J connectivity index is 3.00. The second-order valence-corrected chi connectivity index (χ2v) is 1.38. The topological polar surface area (TPSA) is 46.5 Å².